The Bertz CT molecular complexity index is 1080. The molecule has 9 nitrogen and oxygen atoms in total. The van der Waals surface area contributed by atoms with Gasteiger partial charge in [0.2, 0.25) is 0 Å². The highest BCUT2D eigenvalue weighted by molar-refractivity contribution is 7.80. The van der Waals surface area contributed by atoms with Gasteiger partial charge in [0.1, 0.15) is 28.7 Å². The van der Waals surface area contributed by atoms with Crippen LogP contribution in [0.15, 0.2) is 48.0 Å². The molecule has 2 aromatic rings. The Morgan fingerprint density at radius 3 is 2.50 bits per heavy atom. The standard InChI is InChI=1S/C18H10N4O5S/c19-9-11-8-12(22(25)26)4-5-15(11)27-13-3-1-2-10(6-13)7-14-16(23)20-18(28)21-17(14)24/h1-8H,(H2,20,21,23,24,28). The van der Waals surface area contributed by atoms with E-state index >= 15 is 0 Å². The number of carbonyl (C=O) groups excluding carboxylic acids is 2. The Morgan fingerprint density at radius 1 is 1.14 bits per heavy atom. The quantitative estimate of drug-likeness (QED) is 0.267. The van der Waals surface area contributed by atoms with Gasteiger partial charge in [-0.2, -0.15) is 5.26 Å². The van der Waals surface area contributed by atoms with E-state index in [9.17, 15) is 25.0 Å². The molecular formula is C18H10N4O5S. The fourth-order valence-electron chi connectivity index (χ4n) is 2.38. The number of hydrogen-bond donors (Lipinski definition) is 2. The Hall–Kier alpha value is -4.10. The number of amides is 2. The lowest BCUT2D eigenvalue weighted by Gasteiger charge is -2.16. The Labute approximate surface area is 163 Å². The molecule has 1 aliphatic heterocycles. The number of non-ortho nitro benzene ring substituents is 1. The van der Waals surface area contributed by atoms with Gasteiger partial charge in [-0.05, 0) is 42.1 Å². The molecular weight excluding hydrogens is 384 g/mol. The van der Waals surface area contributed by atoms with Crippen LogP contribution in [-0.4, -0.2) is 21.9 Å². The minimum absolute atomic E-state index is 0.00231. The van der Waals surface area contributed by atoms with Gasteiger partial charge in [-0.15, -0.1) is 0 Å². The predicted molar refractivity (Wildman–Crippen MR) is 101 cm³/mol. The van der Waals surface area contributed by atoms with Crippen molar-refractivity contribution in [2.75, 3.05) is 0 Å². The molecule has 0 aliphatic carbocycles. The van der Waals surface area contributed by atoms with Crippen molar-refractivity contribution in [2.45, 2.75) is 0 Å². The van der Waals surface area contributed by atoms with Crippen LogP contribution in [0.4, 0.5) is 5.69 Å². The van der Waals surface area contributed by atoms with Crippen LogP contribution in [0.1, 0.15) is 11.1 Å². The Morgan fingerprint density at radius 2 is 1.86 bits per heavy atom. The molecule has 28 heavy (non-hydrogen) atoms. The van der Waals surface area contributed by atoms with Crippen LogP contribution < -0.4 is 15.4 Å². The van der Waals surface area contributed by atoms with Gasteiger partial charge < -0.3 is 4.74 Å². The molecule has 2 amide bonds. The molecule has 2 N–H and O–H groups in total. The van der Waals surface area contributed by atoms with E-state index < -0.39 is 16.7 Å². The first-order valence-electron chi connectivity index (χ1n) is 7.72. The number of nitrogens with one attached hydrogen (secondary N) is 2. The lowest BCUT2D eigenvalue weighted by atomic mass is 10.1. The molecule has 1 saturated heterocycles. The van der Waals surface area contributed by atoms with E-state index in [1.165, 1.54) is 18.2 Å². The van der Waals surface area contributed by atoms with Crippen molar-refractivity contribution in [3.8, 4) is 17.6 Å². The summed E-state index contributed by atoms with van der Waals surface area (Å²) in [5.41, 5.74) is 0.136. The van der Waals surface area contributed by atoms with Crippen LogP contribution in [-0.2, 0) is 9.59 Å². The number of nitro benzene ring substituents is 1. The van der Waals surface area contributed by atoms with Crippen molar-refractivity contribution in [1.29, 1.82) is 5.26 Å². The lowest BCUT2D eigenvalue weighted by molar-refractivity contribution is -0.384. The zero-order chi connectivity index (χ0) is 20.3. The van der Waals surface area contributed by atoms with E-state index in [1.54, 1.807) is 24.3 Å². The minimum Gasteiger partial charge on any atom is -0.456 e. The smallest absolute Gasteiger partial charge is 0.271 e. The van der Waals surface area contributed by atoms with Crippen LogP contribution in [0.5, 0.6) is 11.5 Å². The van der Waals surface area contributed by atoms with E-state index in [0.717, 1.165) is 6.07 Å². The maximum Gasteiger partial charge on any atom is 0.271 e. The Kier molecular flexibility index (Phi) is 5.10. The molecule has 0 spiro atoms. The summed E-state index contributed by atoms with van der Waals surface area (Å²) in [5.74, 6) is -0.798. The second-order valence-electron chi connectivity index (χ2n) is 5.52. The van der Waals surface area contributed by atoms with Crippen LogP contribution in [0.2, 0.25) is 0 Å². The van der Waals surface area contributed by atoms with Gasteiger partial charge in [0.25, 0.3) is 17.5 Å². The van der Waals surface area contributed by atoms with E-state index in [4.69, 9.17) is 17.0 Å². The van der Waals surface area contributed by atoms with Gasteiger partial charge in [0.05, 0.1) is 4.92 Å². The zero-order valence-electron chi connectivity index (χ0n) is 14.0. The molecule has 1 fully saturated rings. The van der Waals surface area contributed by atoms with Crippen LogP contribution in [0.3, 0.4) is 0 Å². The molecule has 3 rings (SSSR count). The average molecular weight is 394 g/mol. The summed E-state index contributed by atoms with van der Waals surface area (Å²) in [7, 11) is 0. The van der Waals surface area contributed by atoms with E-state index in [1.807, 2.05) is 6.07 Å². The van der Waals surface area contributed by atoms with Crippen molar-refractivity contribution < 1.29 is 19.2 Å². The third-order valence-electron chi connectivity index (χ3n) is 3.63. The molecule has 10 heteroatoms. The van der Waals surface area contributed by atoms with Gasteiger partial charge in [-0.1, -0.05) is 12.1 Å². The highest BCUT2D eigenvalue weighted by Gasteiger charge is 2.25. The first-order valence-corrected chi connectivity index (χ1v) is 8.13. The van der Waals surface area contributed by atoms with Crippen LogP contribution in [0, 0.1) is 21.4 Å². The first-order chi connectivity index (χ1) is 13.4. The first kappa shape index (κ1) is 18.7. The van der Waals surface area contributed by atoms with Crippen molar-refractivity contribution in [3.63, 3.8) is 0 Å². The molecule has 1 aliphatic rings. The molecule has 0 aromatic heterocycles. The van der Waals surface area contributed by atoms with Crippen molar-refractivity contribution in [3.05, 3.63) is 69.3 Å². The summed E-state index contributed by atoms with van der Waals surface area (Å²) in [6.45, 7) is 0. The number of hydrogen-bond acceptors (Lipinski definition) is 7. The number of nitro groups is 1. The van der Waals surface area contributed by atoms with E-state index in [-0.39, 0.29) is 27.7 Å². The van der Waals surface area contributed by atoms with Gasteiger partial charge >= 0.3 is 0 Å². The Balaban J connectivity index is 1.89. The normalized spacial score (nSPS) is 13.2. The third-order valence-corrected chi connectivity index (χ3v) is 3.84. The summed E-state index contributed by atoms with van der Waals surface area (Å²) in [6.07, 6.45) is 1.36. The number of nitriles is 1. The maximum atomic E-state index is 11.9. The van der Waals surface area contributed by atoms with E-state index in [0.29, 0.717) is 11.3 Å². The van der Waals surface area contributed by atoms with Gasteiger partial charge in [0.15, 0.2) is 5.11 Å². The molecule has 0 saturated carbocycles. The van der Waals surface area contributed by atoms with Crippen LogP contribution in [0.25, 0.3) is 6.08 Å². The minimum atomic E-state index is -0.623. The zero-order valence-corrected chi connectivity index (χ0v) is 14.8. The molecule has 138 valence electrons. The molecule has 2 aromatic carbocycles. The number of benzene rings is 2. The second kappa shape index (κ2) is 7.65. The third kappa shape index (κ3) is 4.00. The predicted octanol–water partition coefficient (Wildman–Crippen LogP) is 2.17. The SMILES string of the molecule is N#Cc1cc([N+](=O)[O-])ccc1Oc1cccc(C=C2C(=O)NC(=S)NC2=O)c1. The van der Waals surface area contributed by atoms with Gasteiger partial charge in [-0.25, -0.2) is 0 Å². The topological polar surface area (TPSA) is 134 Å². The van der Waals surface area contributed by atoms with Crippen molar-refractivity contribution in [1.82, 2.24) is 10.6 Å². The molecule has 0 radical (unpaired) electrons. The summed E-state index contributed by atoms with van der Waals surface area (Å²) < 4.78 is 5.64. The number of thiocarbonyl (C=S) groups is 1. The molecule has 0 unspecified atom stereocenters. The second-order valence-corrected chi connectivity index (χ2v) is 5.93. The number of carbonyl (C=O) groups is 2. The largest absolute Gasteiger partial charge is 0.456 e. The number of nitrogens with zero attached hydrogens (tertiary/aromatic N) is 2. The number of ether oxygens (including phenoxy) is 1. The van der Waals surface area contributed by atoms with Gasteiger partial charge in [0, 0.05) is 12.1 Å². The lowest BCUT2D eigenvalue weighted by Crippen LogP contribution is -2.51. The van der Waals surface area contributed by atoms with Gasteiger partial charge in [-0.3, -0.25) is 30.3 Å². The average Bonchev–Trinajstić information content (AvgIpc) is 2.65. The maximum absolute atomic E-state index is 11.9. The molecule has 1 heterocycles. The molecule has 0 atom stereocenters. The van der Waals surface area contributed by atoms with Crippen LogP contribution >= 0.6 is 12.2 Å². The fourth-order valence-corrected chi connectivity index (χ4v) is 2.56. The highest BCUT2D eigenvalue weighted by Crippen LogP contribution is 2.29. The van der Waals surface area contributed by atoms with Crippen molar-refractivity contribution >= 4 is 40.9 Å². The summed E-state index contributed by atoms with van der Waals surface area (Å²) in [5, 5.41) is 24.6. The van der Waals surface area contributed by atoms with E-state index in [2.05, 4.69) is 10.6 Å². The summed E-state index contributed by atoms with van der Waals surface area (Å²) in [4.78, 5) is 34.0. The number of rotatable bonds is 4. The fraction of sp³-hybridized carbons (Fsp3) is 0. The summed E-state index contributed by atoms with van der Waals surface area (Å²) in [6, 6.07) is 11.9. The highest BCUT2D eigenvalue weighted by atomic mass is 32.1. The molecule has 0 bridgehead atoms. The van der Waals surface area contributed by atoms with Crippen molar-refractivity contribution in [2.24, 2.45) is 0 Å². The summed E-state index contributed by atoms with van der Waals surface area (Å²) >= 11 is 4.74. The monoisotopic (exact) mass is 394 g/mol.